The van der Waals surface area contributed by atoms with E-state index in [1.807, 2.05) is 0 Å². The molecular formula is C23H23FN2O. The molecule has 1 saturated heterocycles. The quantitative estimate of drug-likeness (QED) is 0.728. The van der Waals surface area contributed by atoms with Crippen LogP contribution in [0.5, 0.6) is 0 Å². The van der Waals surface area contributed by atoms with Crippen molar-refractivity contribution in [2.45, 2.75) is 25.4 Å². The number of likely N-dealkylation sites (tertiary alicyclic amines) is 1. The molecule has 0 aliphatic carbocycles. The normalized spacial score (nSPS) is 17.3. The molecule has 3 aromatic carbocycles. The van der Waals surface area contributed by atoms with Crippen molar-refractivity contribution in [3.05, 3.63) is 83.7 Å². The van der Waals surface area contributed by atoms with Crippen molar-refractivity contribution in [3.8, 4) is 0 Å². The number of carbonyl (C=O) groups is 1. The molecule has 1 atom stereocenters. The molecule has 1 N–H and O–H groups in total. The van der Waals surface area contributed by atoms with Gasteiger partial charge >= 0.3 is 0 Å². The van der Waals surface area contributed by atoms with Crippen LogP contribution in [0.1, 0.15) is 30.0 Å². The van der Waals surface area contributed by atoms with Gasteiger partial charge in [0.15, 0.2) is 0 Å². The standard InChI is InChI=1S/C23H23FN2O/c24-19-12-10-17(11-13-19)15-25-23(27)16-26-14-4-9-22(26)21-8-3-6-18-5-1-2-7-20(18)21/h1-3,5-8,10-13,22H,4,9,14-16H2,(H,25,27). The topological polar surface area (TPSA) is 32.3 Å². The Bertz CT molecular complexity index is 933. The Balaban J connectivity index is 1.43. The Labute approximate surface area is 158 Å². The fourth-order valence-corrected chi connectivity index (χ4v) is 3.95. The summed E-state index contributed by atoms with van der Waals surface area (Å²) in [5.74, 6) is -0.258. The van der Waals surface area contributed by atoms with Crippen LogP contribution in [0.4, 0.5) is 4.39 Å². The molecule has 4 heteroatoms. The lowest BCUT2D eigenvalue weighted by atomic mass is 9.97. The lowest BCUT2D eigenvalue weighted by molar-refractivity contribution is -0.122. The van der Waals surface area contributed by atoms with Crippen LogP contribution in [0.3, 0.4) is 0 Å². The molecule has 0 radical (unpaired) electrons. The van der Waals surface area contributed by atoms with Gasteiger partial charge in [-0.05, 0) is 53.4 Å². The van der Waals surface area contributed by atoms with E-state index in [1.54, 1.807) is 12.1 Å². The van der Waals surface area contributed by atoms with Gasteiger partial charge in [-0.25, -0.2) is 4.39 Å². The third kappa shape index (κ3) is 4.01. The van der Waals surface area contributed by atoms with Crippen LogP contribution in [-0.2, 0) is 11.3 Å². The predicted octanol–water partition coefficient (Wildman–Crippen LogP) is 4.43. The largest absolute Gasteiger partial charge is 0.351 e. The van der Waals surface area contributed by atoms with Gasteiger partial charge in [0.2, 0.25) is 5.91 Å². The first-order valence-corrected chi connectivity index (χ1v) is 9.43. The first kappa shape index (κ1) is 17.7. The Morgan fingerprint density at radius 1 is 1.04 bits per heavy atom. The second-order valence-corrected chi connectivity index (χ2v) is 7.10. The van der Waals surface area contributed by atoms with Crippen LogP contribution in [0.15, 0.2) is 66.7 Å². The number of halogens is 1. The molecule has 27 heavy (non-hydrogen) atoms. The highest BCUT2D eigenvalue weighted by molar-refractivity contribution is 5.86. The van der Waals surface area contributed by atoms with E-state index < -0.39 is 0 Å². The van der Waals surface area contributed by atoms with Crippen molar-refractivity contribution in [1.29, 1.82) is 0 Å². The van der Waals surface area contributed by atoms with E-state index in [4.69, 9.17) is 0 Å². The van der Waals surface area contributed by atoms with Crippen molar-refractivity contribution in [3.63, 3.8) is 0 Å². The molecule has 1 amide bonds. The number of rotatable bonds is 5. The summed E-state index contributed by atoms with van der Waals surface area (Å²) in [5, 5.41) is 5.46. The smallest absolute Gasteiger partial charge is 0.234 e. The Hall–Kier alpha value is -2.72. The Kier molecular flexibility index (Phi) is 5.16. The number of amides is 1. The summed E-state index contributed by atoms with van der Waals surface area (Å²) in [6.45, 7) is 1.73. The molecule has 1 unspecified atom stereocenters. The van der Waals surface area contributed by atoms with Gasteiger partial charge in [0.25, 0.3) is 0 Å². The second-order valence-electron chi connectivity index (χ2n) is 7.10. The van der Waals surface area contributed by atoms with Gasteiger partial charge in [-0.15, -0.1) is 0 Å². The molecule has 3 aromatic rings. The van der Waals surface area contributed by atoms with Crippen LogP contribution in [0.25, 0.3) is 10.8 Å². The molecule has 1 heterocycles. The highest BCUT2D eigenvalue weighted by Gasteiger charge is 2.28. The van der Waals surface area contributed by atoms with Gasteiger partial charge in [-0.3, -0.25) is 9.69 Å². The summed E-state index contributed by atoms with van der Waals surface area (Å²) >= 11 is 0. The summed E-state index contributed by atoms with van der Waals surface area (Å²) in [5.41, 5.74) is 2.20. The minimum atomic E-state index is -0.264. The molecule has 0 spiro atoms. The fourth-order valence-electron chi connectivity index (χ4n) is 3.95. The second kappa shape index (κ2) is 7.89. The molecule has 0 aromatic heterocycles. The molecule has 0 bridgehead atoms. The van der Waals surface area contributed by atoms with E-state index in [2.05, 4.69) is 52.7 Å². The zero-order chi connectivity index (χ0) is 18.6. The van der Waals surface area contributed by atoms with Crippen molar-refractivity contribution in [2.24, 2.45) is 0 Å². The molecule has 1 aliphatic heterocycles. The van der Waals surface area contributed by atoms with E-state index in [0.717, 1.165) is 24.9 Å². The zero-order valence-corrected chi connectivity index (χ0v) is 15.2. The van der Waals surface area contributed by atoms with Crippen molar-refractivity contribution >= 4 is 16.7 Å². The van der Waals surface area contributed by atoms with E-state index in [1.165, 1.54) is 28.5 Å². The molecule has 1 fully saturated rings. The summed E-state index contributed by atoms with van der Waals surface area (Å²) in [6, 6.07) is 21.3. The highest BCUT2D eigenvalue weighted by Crippen LogP contribution is 2.35. The first-order chi connectivity index (χ1) is 13.2. The molecule has 4 rings (SSSR count). The number of nitrogens with zero attached hydrogens (tertiary/aromatic N) is 1. The minimum absolute atomic E-state index is 0.00598. The Morgan fingerprint density at radius 3 is 2.67 bits per heavy atom. The van der Waals surface area contributed by atoms with Crippen molar-refractivity contribution < 1.29 is 9.18 Å². The third-order valence-electron chi connectivity index (χ3n) is 5.30. The van der Waals surface area contributed by atoms with E-state index >= 15 is 0 Å². The number of hydrogen-bond donors (Lipinski definition) is 1. The third-order valence-corrected chi connectivity index (χ3v) is 5.30. The van der Waals surface area contributed by atoms with Crippen LogP contribution in [0, 0.1) is 5.82 Å². The van der Waals surface area contributed by atoms with Crippen LogP contribution >= 0.6 is 0 Å². The molecule has 0 saturated carbocycles. The minimum Gasteiger partial charge on any atom is -0.351 e. The Morgan fingerprint density at radius 2 is 1.81 bits per heavy atom. The number of fused-ring (bicyclic) bond motifs is 1. The fraction of sp³-hybridized carbons (Fsp3) is 0.261. The van der Waals surface area contributed by atoms with Crippen molar-refractivity contribution in [1.82, 2.24) is 10.2 Å². The highest BCUT2D eigenvalue weighted by atomic mass is 19.1. The lowest BCUT2D eigenvalue weighted by Gasteiger charge is -2.25. The maximum Gasteiger partial charge on any atom is 0.234 e. The van der Waals surface area contributed by atoms with E-state index in [0.29, 0.717) is 13.1 Å². The summed E-state index contributed by atoms with van der Waals surface area (Å²) < 4.78 is 13.0. The van der Waals surface area contributed by atoms with Crippen LogP contribution in [-0.4, -0.2) is 23.9 Å². The summed E-state index contributed by atoms with van der Waals surface area (Å²) in [6.07, 6.45) is 2.17. The summed E-state index contributed by atoms with van der Waals surface area (Å²) in [7, 11) is 0. The maximum atomic E-state index is 13.0. The first-order valence-electron chi connectivity index (χ1n) is 9.43. The van der Waals surface area contributed by atoms with Gasteiger partial charge in [-0.1, -0.05) is 54.6 Å². The number of carbonyl (C=O) groups excluding carboxylic acids is 1. The van der Waals surface area contributed by atoms with Gasteiger partial charge in [-0.2, -0.15) is 0 Å². The molecule has 138 valence electrons. The van der Waals surface area contributed by atoms with Crippen LogP contribution in [0.2, 0.25) is 0 Å². The number of hydrogen-bond acceptors (Lipinski definition) is 2. The average Bonchev–Trinajstić information content (AvgIpc) is 3.15. The molecule has 1 aliphatic rings. The average molecular weight is 362 g/mol. The van der Waals surface area contributed by atoms with E-state index in [-0.39, 0.29) is 17.8 Å². The summed E-state index contributed by atoms with van der Waals surface area (Å²) in [4.78, 5) is 14.7. The maximum absolute atomic E-state index is 13.0. The van der Waals surface area contributed by atoms with E-state index in [9.17, 15) is 9.18 Å². The SMILES string of the molecule is O=C(CN1CCCC1c1cccc2ccccc12)NCc1ccc(F)cc1. The van der Waals surface area contributed by atoms with Gasteiger partial charge in [0, 0.05) is 12.6 Å². The van der Waals surface area contributed by atoms with Gasteiger partial charge in [0.1, 0.15) is 5.82 Å². The number of benzene rings is 3. The molecule has 3 nitrogen and oxygen atoms in total. The van der Waals surface area contributed by atoms with Gasteiger partial charge in [0.05, 0.1) is 6.54 Å². The number of nitrogens with one attached hydrogen (secondary N) is 1. The van der Waals surface area contributed by atoms with Crippen molar-refractivity contribution in [2.75, 3.05) is 13.1 Å². The zero-order valence-electron chi connectivity index (χ0n) is 15.2. The van der Waals surface area contributed by atoms with Gasteiger partial charge < -0.3 is 5.32 Å². The molecular weight excluding hydrogens is 339 g/mol. The predicted molar refractivity (Wildman–Crippen MR) is 106 cm³/mol. The lowest BCUT2D eigenvalue weighted by Crippen LogP contribution is -2.36. The monoisotopic (exact) mass is 362 g/mol. The van der Waals surface area contributed by atoms with Crippen LogP contribution < -0.4 is 5.32 Å².